The summed E-state index contributed by atoms with van der Waals surface area (Å²) < 4.78 is 5.75. The van der Waals surface area contributed by atoms with Crippen LogP contribution in [0.2, 0.25) is 5.02 Å². The van der Waals surface area contributed by atoms with E-state index in [9.17, 15) is 4.79 Å². The van der Waals surface area contributed by atoms with Crippen LogP contribution in [0.15, 0.2) is 24.4 Å². The first-order chi connectivity index (χ1) is 12.1. The molecule has 1 aromatic carbocycles. The predicted molar refractivity (Wildman–Crippen MR) is 93.2 cm³/mol. The zero-order valence-electron chi connectivity index (χ0n) is 13.8. The number of aryl methyl sites for hydroxylation is 1. The molecule has 1 fully saturated rings. The molecule has 2 heterocycles. The standard InChI is InChI=1S/C17H18ClN5O2/c1-23-20-8-13(22-23)9-25-16-6-15-11(5-14(16)18)4-12(21-15)7-19-17(24)10-2-3-10/h4-6,8,10,21H,2-3,7,9H2,1H3,(H,19,24). The summed E-state index contributed by atoms with van der Waals surface area (Å²) in [6.45, 7) is 0.779. The molecule has 0 bridgehead atoms. The Hall–Kier alpha value is -2.54. The number of rotatable bonds is 6. The van der Waals surface area contributed by atoms with Crippen molar-refractivity contribution in [1.29, 1.82) is 0 Å². The van der Waals surface area contributed by atoms with Crippen LogP contribution in [0.4, 0.5) is 0 Å². The van der Waals surface area contributed by atoms with Gasteiger partial charge in [0.15, 0.2) is 0 Å². The number of aromatic nitrogens is 4. The summed E-state index contributed by atoms with van der Waals surface area (Å²) in [5, 5.41) is 12.6. The van der Waals surface area contributed by atoms with Gasteiger partial charge in [-0.05, 0) is 25.0 Å². The molecule has 25 heavy (non-hydrogen) atoms. The Bertz CT molecular complexity index is 928. The minimum atomic E-state index is 0.129. The van der Waals surface area contributed by atoms with Gasteiger partial charge in [0.25, 0.3) is 0 Å². The first-order valence-electron chi connectivity index (χ1n) is 8.15. The van der Waals surface area contributed by atoms with Crippen molar-refractivity contribution in [2.45, 2.75) is 26.0 Å². The van der Waals surface area contributed by atoms with E-state index < -0.39 is 0 Å². The zero-order chi connectivity index (χ0) is 17.4. The molecule has 0 atom stereocenters. The van der Waals surface area contributed by atoms with Crippen molar-refractivity contribution in [3.63, 3.8) is 0 Å². The second-order valence-corrected chi connectivity index (χ2v) is 6.68. The maximum absolute atomic E-state index is 11.7. The van der Waals surface area contributed by atoms with Gasteiger partial charge in [0.2, 0.25) is 5.91 Å². The van der Waals surface area contributed by atoms with E-state index in [1.54, 1.807) is 13.2 Å². The molecule has 0 aliphatic heterocycles. The molecule has 0 saturated heterocycles. The Morgan fingerprint density at radius 2 is 2.28 bits per heavy atom. The third-order valence-corrected chi connectivity index (χ3v) is 4.45. The van der Waals surface area contributed by atoms with Crippen LogP contribution in [0, 0.1) is 5.92 Å². The molecular weight excluding hydrogens is 342 g/mol. The van der Waals surface area contributed by atoms with Gasteiger partial charge < -0.3 is 15.0 Å². The minimum Gasteiger partial charge on any atom is -0.486 e. The lowest BCUT2D eigenvalue weighted by molar-refractivity contribution is -0.122. The number of carbonyl (C=O) groups is 1. The molecule has 4 rings (SSSR count). The van der Waals surface area contributed by atoms with Gasteiger partial charge in [0.1, 0.15) is 18.1 Å². The molecule has 1 saturated carbocycles. The normalized spacial score (nSPS) is 14.0. The van der Waals surface area contributed by atoms with Gasteiger partial charge in [-0.3, -0.25) is 4.79 Å². The lowest BCUT2D eigenvalue weighted by atomic mass is 10.2. The molecule has 2 N–H and O–H groups in total. The number of amides is 1. The van der Waals surface area contributed by atoms with E-state index in [0.29, 0.717) is 23.9 Å². The number of nitrogens with zero attached hydrogens (tertiary/aromatic N) is 3. The third-order valence-electron chi connectivity index (χ3n) is 4.15. The summed E-state index contributed by atoms with van der Waals surface area (Å²) in [5.74, 6) is 0.917. The molecule has 2 aromatic heterocycles. The summed E-state index contributed by atoms with van der Waals surface area (Å²) in [6.07, 6.45) is 3.66. The van der Waals surface area contributed by atoms with Crippen molar-refractivity contribution in [2.24, 2.45) is 13.0 Å². The highest BCUT2D eigenvalue weighted by Gasteiger charge is 2.29. The SMILES string of the molecule is Cn1ncc(COc2cc3[nH]c(CNC(=O)C4CC4)cc3cc2Cl)n1. The quantitative estimate of drug-likeness (QED) is 0.708. The van der Waals surface area contributed by atoms with Gasteiger partial charge in [0.05, 0.1) is 17.8 Å². The van der Waals surface area contributed by atoms with Gasteiger partial charge in [0, 0.05) is 35.6 Å². The Labute approximate surface area is 149 Å². The number of benzene rings is 1. The fraction of sp³-hybridized carbons (Fsp3) is 0.353. The van der Waals surface area contributed by atoms with E-state index in [1.165, 1.54) is 4.80 Å². The van der Waals surface area contributed by atoms with Crippen molar-refractivity contribution in [2.75, 3.05) is 0 Å². The first kappa shape index (κ1) is 16.0. The van der Waals surface area contributed by atoms with Crippen molar-refractivity contribution in [3.05, 3.63) is 40.8 Å². The maximum Gasteiger partial charge on any atom is 0.223 e. The Morgan fingerprint density at radius 1 is 1.44 bits per heavy atom. The molecule has 130 valence electrons. The summed E-state index contributed by atoms with van der Waals surface area (Å²) in [6, 6.07) is 5.70. The Balaban J connectivity index is 1.46. The molecule has 0 radical (unpaired) electrons. The summed E-state index contributed by atoms with van der Waals surface area (Å²) in [7, 11) is 1.75. The molecule has 0 spiro atoms. The van der Waals surface area contributed by atoms with Crippen molar-refractivity contribution >= 4 is 28.4 Å². The highest BCUT2D eigenvalue weighted by Crippen LogP contribution is 2.31. The molecule has 1 aliphatic carbocycles. The molecule has 1 aliphatic rings. The number of carbonyl (C=O) groups excluding carboxylic acids is 1. The third kappa shape index (κ3) is 3.61. The van der Waals surface area contributed by atoms with Crippen LogP contribution >= 0.6 is 11.6 Å². The van der Waals surface area contributed by atoms with Crippen LogP contribution in [0.3, 0.4) is 0 Å². The number of fused-ring (bicyclic) bond motifs is 1. The lowest BCUT2D eigenvalue weighted by Gasteiger charge is -2.06. The summed E-state index contributed by atoms with van der Waals surface area (Å²) >= 11 is 6.31. The first-order valence-corrected chi connectivity index (χ1v) is 8.53. The molecular formula is C17H18ClN5O2. The van der Waals surface area contributed by atoms with Gasteiger partial charge in [-0.25, -0.2) is 0 Å². The molecule has 0 unspecified atom stereocenters. The number of nitrogens with one attached hydrogen (secondary N) is 2. The number of aromatic amines is 1. The Kier molecular flexibility index (Phi) is 4.09. The number of hydrogen-bond acceptors (Lipinski definition) is 4. The highest BCUT2D eigenvalue weighted by molar-refractivity contribution is 6.32. The molecule has 3 aromatic rings. The van der Waals surface area contributed by atoms with Crippen molar-refractivity contribution in [1.82, 2.24) is 25.3 Å². The van der Waals surface area contributed by atoms with Crippen LogP contribution in [0.1, 0.15) is 24.2 Å². The molecule has 7 nitrogen and oxygen atoms in total. The largest absolute Gasteiger partial charge is 0.486 e. The van der Waals surface area contributed by atoms with Gasteiger partial charge in [-0.2, -0.15) is 15.0 Å². The average molecular weight is 360 g/mol. The molecule has 1 amide bonds. The van der Waals surface area contributed by atoms with Gasteiger partial charge in [-0.15, -0.1) is 0 Å². The van der Waals surface area contributed by atoms with Crippen molar-refractivity contribution < 1.29 is 9.53 Å². The number of hydrogen-bond donors (Lipinski definition) is 2. The van der Waals surface area contributed by atoms with E-state index >= 15 is 0 Å². The Morgan fingerprint density at radius 3 is 3.00 bits per heavy atom. The molecule has 8 heteroatoms. The van der Waals surface area contributed by atoms with E-state index in [4.69, 9.17) is 16.3 Å². The van der Waals surface area contributed by atoms with E-state index in [0.717, 1.165) is 35.1 Å². The van der Waals surface area contributed by atoms with E-state index in [2.05, 4.69) is 20.5 Å². The maximum atomic E-state index is 11.7. The van der Waals surface area contributed by atoms with Crippen LogP contribution in [-0.4, -0.2) is 25.9 Å². The van der Waals surface area contributed by atoms with Crippen molar-refractivity contribution in [3.8, 4) is 5.75 Å². The van der Waals surface area contributed by atoms with Gasteiger partial charge in [-0.1, -0.05) is 11.6 Å². The number of halogens is 1. The fourth-order valence-corrected chi connectivity index (χ4v) is 2.90. The highest BCUT2D eigenvalue weighted by atomic mass is 35.5. The number of ether oxygens (including phenoxy) is 1. The van der Waals surface area contributed by atoms with Crippen LogP contribution in [0.5, 0.6) is 5.75 Å². The monoisotopic (exact) mass is 359 g/mol. The van der Waals surface area contributed by atoms with Crippen LogP contribution in [-0.2, 0) is 25.0 Å². The summed E-state index contributed by atoms with van der Waals surface area (Å²) in [5.41, 5.74) is 2.58. The zero-order valence-corrected chi connectivity index (χ0v) is 14.5. The predicted octanol–water partition coefficient (Wildman–Crippen LogP) is 2.56. The smallest absolute Gasteiger partial charge is 0.223 e. The summed E-state index contributed by atoms with van der Waals surface area (Å²) in [4.78, 5) is 16.5. The van der Waals surface area contributed by atoms with Crippen LogP contribution in [0.25, 0.3) is 10.9 Å². The lowest BCUT2D eigenvalue weighted by Crippen LogP contribution is -2.24. The van der Waals surface area contributed by atoms with Gasteiger partial charge >= 0.3 is 0 Å². The van der Waals surface area contributed by atoms with Crippen LogP contribution < -0.4 is 10.1 Å². The second-order valence-electron chi connectivity index (χ2n) is 6.27. The fourth-order valence-electron chi connectivity index (χ4n) is 2.68. The topological polar surface area (TPSA) is 84.8 Å². The van der Waals surface area contributed by atoms with E-state index in [-0.39, 0.29) is 11.8 Å². The van der Waals surface area contributed by atoms with E-state index in [1.807, 2.05) is 18.2 Å². The average Bonchev–Trinajstić information content (AvgIpc) is 3.25. The minimum absolute atomic E-state index is 0.129. The second kappa shape index (κ2) is 6.40. The number of H-pyrrole nitrogens is 1.